The number of nitrogens with zero attached hydrogens (tertiary/aromatic N) is 1. The Bertz CT molecular complexity index is 1670. The number of rotatable bonds is 2. The highest BCUT2D eigenvalue weighted by atomic mass is 32.1. The number of aromatic nitrogens is 1. The molecule has 0 aliphatic carbocycles. The fraction of sp³-hybridized carbons (Fsp3) is 0.138. The lowest BCUT2D eigenvalue weighted by molar-refractivity contribution is 0.477. The molecule has 0 spiro atoms. The van der Waals surface area contributed by atoms with Crippen molar-refractivity contribution in [1.82, 2.24) is 4.98 Å². The normalized spacial score (nSPS) is 12.2. The summed E-state index contributed by atoms with van der Waals surface area (Å²) in [6.45, 7) is 6.76. The van der Waals surface area contributed by atoms with Gasteiger partial charge >= 0.3 is 0 Å². The van der Waals surface area contributed by atoms with E-state index in [4.69, 9.17) is 4.98 Å². The SMILES string of the molecule is CC(C)(C)c1cc(-c2cccc3c2sc2ccccc23)c2nc(-c3ccccc3O)sc2c1. The van der Waals surface area contributed by atoms with Gasteiger partial charge in [0.1, 0.15) is 10.8 Å². The Balaban J connectivity index is 1.69. The molecular formula is C29H23NOS2. The molecule has 0 saturated carbocycles. The van der Waals surface area contributed by atoms with Crippen molar-refractivity contribution in [3.8, 4) is 27.4 Å². The van der Waals surface area contributed by atoms with Gasteiger partial charge in [0.2, 0.25) is 0 Å². The van der Waals surface area contributed by atoms with Gasteiger partial charge in [-0.1, -0.05) is 69.3 Å². The van der Waals surface area contributed by atoms with E-state index in [1.807, 2.05) is 29.5 Å². The lowest BCUT2D eigenvalue weighted by Gasteiger charge is -2.20. The Labute approximate surface area is 200 Å². The maximum atomic E-state index is 10.4. The van der Waals surface area contributed by atoms with Crippen LogP contribution in [0, 0.1) is 0 Å². The number of thiophene rings is 1. The summed E-state index contributed by atoms with van der Waals surface area (Å²) in [5, 5.41) is 13.9. The van der Waals surface area contributed by atoms with E-state index in [9.17, 15) is 5.11 Å². The summed E-state index contributed by atoms with van der Waals surface area (Å²) in [4.78, 5) is 5.07. The smallest absolute Gasteiger partial charge is 0.128 e. The summed E-state index contributed by atoms with van der Waals surface area (Å²) >= 11 is 3.49. The first-order valence-electron chi connectivity index (χ1n) is 11.0. The molecule has 0 aliphatic heterocycles. The fourth-order valence-corrected chi connectivity index (χ4v) is 6.69. The Hall–Kier alpha value is -3.21. The number of phenols is 1. The van der Waals surface area contributed by atoms with Crippen LogP contribution in [0.25, 0.3) is 52.1 Å². The van der Waals surface area contributed by atoms with E-state index < -0.39 is 0 Å². The van der Waals surface area contributed by atoms with Crippen molar-refractivity contribution in [2.45, 2.75) is 26.2 Å². The maximum Gasteiger partial charge on any atom is 0.128 e. The summed E-state index contributed by atoms with van der Waals surface area (Å²) in [5.74, 6) is 0.265. The largest absolute Gasteiger partial charge is 0.507 e. The molecule has 162 valence electrons. The number of para-hydroxylation sites is 1. The van der Waals surface area contributed by atoms with Gasteiger partial charge in [-0.3, -0.25) is 0 Å². The predicted octanol–water partition coefficient (Wildman–Crippen LogP) is 9.00. The van der Waals surface area contributed by atoms with Crippen LogP contribution < -0.4 is 0 Å². The molecule has 2 nitrogen and oxygen atoms in total. The summed E-state index contributed by atoms with van der Waals surface area (Å²) in [6.07, 6.45) is 0. The van der Waals surface area contributed by atoms with Gasteiger partial charge < -0.3 is 5.11 Å². The number of benzene rings is 4. The molecule has 1 N–H and O–H groups in total. The van der Waals surface area contributed by atoms with E-state index in [0.717, 1.165) is 26.4 Å². The van der Waals surface area contributed by atoms with Gasteiger partial charge in [0.05, 0.1) is 15.8 Å². The van der Waals surface area contributed by atoms with Gasteiger partial charge in [0.15, 0.2) is 0 Å². The van der Waals surface area contributed by atoms with Crippen molar-refractivity contribution in [3.05, 3.63) is 84.4 Å². The monoisotopic (exact) mass is 465 g/mol. The second-order valence-corrected chi connectivity index (χ2v) is 11.5. The third-order valence-electron chi connectivity index (χ3n) is 6.19. The van der Waals surface area contributed by atoms with Crippen LogP contribution in [-0.2, 0) is 5.41 Å². The zero-order chi connectivity index (χ0) is 22.7. The van der Waals surface area contributed by atoms with Crippen molar-refractivity contribution in [2.24, 2.45) is 0 Å². The molecule has 2 aromatic heterocycles. The molecular weight excluding hydrogens is 442 g/mol. The van der Waals surface area contributed by atoms with Crippen LogP contribution in [0.15, 0.2) is 78.9 Å². The molecule has 0 aliphatic rings. The quantitative estimate of drug-likeness (QED) is 0.277. The minimum atomic E-state index is 0.00996. The average molecular weight is 466 g/mol. The van der Waals surface area contributed by atoms with Crippen molar-refractivity contribution < 1.29 is 5.11 Å². The molecule has 0 saturated heterocycles. The molecule has 0 amide bonds. The molecule has 0 bridgehead atoms. The molecule has 4 heteroatoms. The predicted molar refractivity (Wildman–Crippen MR) is 144 cm³/mol. The maximum absolute atomic E-state index is 10.4. The van der Waals surface area contributed by atoms with Crippen molar-refractivity contribution in [1.29, 1.82) is 0 Å². The van der Waals surface area contributed by atoms with Gasteiger partial charge in [0.25, 0.3) is 0 Å². The molecule has 0 fully saturated rings. The summed E-state index contributed by atoms with van der Waals surface area (Å²) in [5.41, 5.74) is 5.45. The molecule has 0 unspecified atom stereocenters. The zero-order valence-corrected chi connectivity index (χ0v) is 20.3. The van der Waals surface area contributed by atoms with E-state index in [0.29, 0.717) is 0 Å². The zero-order valence-electron chi connectivity index (χ0n) is 18.7. The second kappa shape index (κ2) is 7.41. The summed E-state index contributed by atoms with van der Waals surface area (Å²) in [7, 11) is 0. The van der Waals surface area contributed by atoms with Gasteiger partial charge in [0, 0.05) is 31.3 Å². The van der Waals surface area contributed by atoms with E-state index in [2.05, 4.69) is 75.4 Å². The number of aromatic hydroxyl groups is 1. The first-order chi connectivity index (χ1) is 15.9. The van der Waals surface area contributed by atoms with Gasteiger partial charge in [-0.2, -0.15) is 0 Å². The highest BCUT2D eigenvalue weighted by Gasteiger charge is 2.21. The van der Waals surface area contributed by atoms with E-state index >= 15 is 0 Å². The molecule has 0 radical (unpaired) electrons. The minimum Gasteiger partial charge on any atom is -0.507 e. The topological polar surface area (TPSA) is 33.1 Å². The van der Waals surface area contributed by atoms with Crippen LogP contribution in [0.3, 0.4) is 0 Å². The number of hydrogen-bond donors (Lipinski definition) is 1. The molecule has 2 heterocycles. The Morgan fingerprint density at radius 1 is 0.697 bits per heavy atom. The average Bonchev–Trinajstić information content (AvgIpc) is 3.39. The van der Waals surface area contributed by atoms with Crippen LogP contribution in [0.2, 0.25) is 0 Å². The fourth-order valence-electron chi connectivity index (χ4n) is 4.40. The first kappa shape index (κ1) is 20.4. The van der Waals surface area contributed by atoms with Crippen molar-refractivity contribution in [2.75, 3.05) is 0 Å². The lowest BCUT2D eigenvalue weighted by atomic mass is 9.85. The van der Waals surface area contributed by atoms with Crippen molar-refractivity contribution >= 4 is 53.1 Å². The molecule has 0 atom stereocenters. The third kappa shape index (κ3) is 3.33. The third-order valence-corrected chi connectivity index (χ3v) is 8.45. The highest BCUT2D eigenvalue weighted by Crippen LogP contribution is 2.45. The molecule has 6 rings (SSSR count). The number of hydrogen-bond acceptors (Lipinski definition) is 4. The lowest BCUT2D eigenvalue weighted by Crippen LogP contribution is -2.11. The van der Waals surface area contributed by atoms with Gasteiger partial charge in [-0.15, -0.1) is 22.7 Å². The molecule has 33 heavy (non-hydrogen) atoms. The molecule has 4 aromatic carbocycles. The van der Waals surface area contributed by atoms with Crippen LogP contribution in [0.4, 0.5) is 0 Å². The van der Waals surface area contributed by atoms with Crippen LogP contribution in [0.5, 0.6) is 5.75 Å². The van der Waals surface area contributed by atoms with Crippen molar-refractivity contribution in [3.63, 3.8) is 0 Å². The molecule has 6 aromatic rings. The van der Waals surface area contributed by atoms with Crippen LogP contribution >= 0.6 is 22.7 Å². The second-order valence-electron chi connectivity index (χ2n) is 9.44. The minimum absolute atomic E-state index is 0.00996. The van der Waals surface area contributed by atoms with Gasteiger partial charge in [-0.25, -0.2) is 4.98 Å². The van der Waals surface area contributed by atoms with Crippen LogP contribution in [-0.4, -0.2) is 10.1 Å². The first-order valence-corrected chi connectivity index (χ1v) is 12.7. The van der Waals surface area contributed by atoms with E-state index in [1.54, 1.807) is 17.4 Å². The van der Waals surface area contributed by atoms with E-state index in [1.165, 1.54) is 31.3 Å². The summed E-state index contributed by atoms with van der Waals surface area (Å²) < 4.78 is 3.74. The van der Waals surface area contributed by atoms with Gasteiger partial charge in [-0.05, 0) is 41.3 Å². The Morgan fingerprint density at radius 2 is 1.42 bits per heavy atom. The van der Waals surface area contributed by atoms with Crippen LogP contribution in [0.1, 0.15) is 26.3 Å². The summed E-state index contributed by atoms with van der Waals surface area (Å²) in [6, 6.07) is 27.2. The Kier molecular flexibility index (Phi) is 4.58. The highest BCUT2D eigenvalue weighted by molar-refractivity contribution is 7.26. The standard InChI is InChI=1S/C29H23NOS2/c1-29(2,3)17-15-22(20-12-8-11-19-18-9-5-7-14-24(18)32-27(19)20)26-25(16-17)33-28(30-26)21-10-4-6-13-23(21)31/h4-16,31H,1-3H3. The number of fused-ring (bicyclic) bond motifs is 4. The Morgan fingerprint density at radius 3 is 2.24 bits per heavy atom. The van der Waals surface area contributed by atoms with E-state index in [-0.39, 0.29) is 11.2 Å². The number of phenolic OH excluding ortho intramolecular Hbond substituents is 1. The number of thiazole rings is 1.